The predicted octanol–water partition coefficient (Wildman–Crippen LogP) is 2.71. The average Bonchev–Trinajstić information content (AvgIpc) is 3.25. The molecule has 4 rings (SSSR count). The maximum Gasteiger partial charge on any atom is 0.322 e. The molecule has 1 N–H and O–H groups in total. The van der Waals surface area contributed by atoms with Crippen molar-refractivity contribution in [3.8, 4) is 11.5 Å². The molecule has 0 atom stereocenters. The summed E-state index contributed by atoms with van der Waals surface area (Å²) in [6.45, 7) is 0.184. The molecule has 0 aliphatic carbocycles. The third-order valence-corrected chi connectivity index (χ3v) is 3.78. The Bertz CT molecular complexity index is 940. The van der Waals surface area contributed by atoms with Crippen molar-refractivity contribution in [3.63, 3.8) is 0 Å². The van der Waals surface area contributed by atoms with E-state index in [0.717, 1.165) is 11.1 Å². The highest BCUT2D eigenvalue weighted by Gasteiger charge is 2.16. The Morgan fingerprint density at radius 1 is 1.04 bits per heavy atom. The summed E-state index contributed by atoms with van der Waals surface area (Å²) in [6.07, 6.45) is 0.484. The number of hydrogen-bond donors (Lipinski definition) is 1. The third kappa shape index (κ3) is 3.64. The Kier molecular flexibility index (Phi) is 4.22. The Labute approximate surface area is 147 Å². The summed E-state index contributed by atoms with van der Waals surface area (Å²) < 4.78 is 28.8. The van der Waals surface area contributed by atoms with Gasteiger partial charge in [-0.2, -0.15) is 0 Å². The van der Waals surface area contributed by atoms with Gasteiger partial charge < -0.3 is 13.9 Å². The van der Waals surface area contributed by atoms with Crippen LogP contribution < -0.4 is 14.8 Å². The van der Waals surface area contributed by atoms with Crippen molar-refractivity contribution in [1.29, 1.82) is 0 Å². The molecular formula is C18H14FN3O4. The molecule has 0 spiro atoms. The van der Waals surface area contributed by atoms with E-state index in [1.54, 1.807) is 30.3 Å². The number of anilines is 1. The SMILES string of the molecule is O=C(Cc1ccc2c(c1)OCO2)Nc1nnc(Cc2ccc(F)cc2)o1. The normalized spacial score (nSPS) is 12.2. The number of ether oxygens (including phenoxy) is 2. The summed E-state index contributed by atoms with van der Waals surface area (Å²) >= 11 is 0. The molecule has 26 heavy (non-hydrogen) atoms. The van der Waals surface area contributed by atoms with Crippen molar-refractivity contribution in [2.45, 2.75) is 12.8 Å². The van der Waals surface area contributed by atoms with Crippen molar-refractivity contribution in [2.75, 3.05) is 12.1 Å². The second-order valence-electron chi connectivity index (χ2n) is 5.72. The molecule has 1 aliphatic heterocycles. The Morgan fingerprint density at radius 3 is 2.65 bits per heavy atom. The van der Waals surface area contributed by atoms with Gasteiger partial charge in [-0.25, -0.2) is 4.39 Å². The lowest BCUT2D eigenvalue weighted by atomic mass is 10.1. The van der Waals surface area contributed by atoms with Crippen LogP contribution in [0.4, 0.5) is 10.4 Å². The van der Waals surface area contributed by atoms with Crippen molar-refractivity contribution < 1.29 is 23.1 Å². The molecule has 0 radical (unpaired) electrons. The van der Waals surface area contributed by atoms with Gasteiger partial charge in [0.25, 0.3) is 0 Å². The second-order valence-corrected chi connectivity index (χ2v) is 5.72. The number of aromatic nitrogens is 2. The summed E-state index contributed by atoms with van der Waals surface area (Å²) in [5.74, 6) is 1.01. The van der Waals surface area contributed by atoms with Gasteiger partial charge in [0.1, 0.15) is 5.82 Å². The smallest absolute Gasteiger partial charge is 0.322 e. The topological polar surface area (TPSA) is 86.5 Å². The zero-order valence-corrected chi connectivity index (χ0v) is 13.6. The molecule has 7 nitrogen and oxygen atoms in total. The summed E-state index contributed by atoms with van der Waals surface area (Å²) in [7, 11) is 0. The zero-order valence-electron chi connectivity index (χ0n) is 13.6. The number of amides is 1. The molecule has 0 saturated heterocycles. The first-order chi connectivity index (χ1) is 12.7. The van der Waals surface area contributed by atoms with Crippen LogP contribution in [0.5, 0.6) is 11.5 Å². The first-order valence-electron chi connectivity index (χ1n) is 7.91. The third-order valence-electron chi connectivity index (χ3n) is 3.78. The van der Waals surface area contributed by atoms with Gasteiger partial charge in [0.05, 0.1) is 12.8 Å². The number of hydrogen-bond acceptors (Lipinski definition) is 6. The van der Waals surface area contributed by atoms with E-state index in [0.29, 0.717) is 23.8 Å². The fourth-order valence-corrected chi connectivity index (χ4v) is 2.55. The highest BCUT2D eigenvalue weighted by atomic mass is 19.1. The maximum atomic E-state index is 12.9. The van der Waals surface area contributed by atoms with E-state index in [1.165, 1.54) is 12.1 Å². The summed E-state index contributed by atoms with van der Waals surface area (Å²) in [5.41, 5.74) is 1.60. The molecule has 0 unspecified atom stereocenters. The fourth-order valence-electron chi connectivity index (χ4n) is 2.55. The van der Waals surface area contributed by atoms with Gasteiger partial charge in [-0.1, -0.05) is 23.3 Å². The van der Waals surface area contributed by atoms with Gasteiger partial charge >= 0.3 is 6.01 Å². The first-order valence-corrected chi connectivity index (χ1v) is 7.91. The average molecular weight is 355 g/mol. The molecule has 1 aromatic heterocycles. The molecule has 2 heterocycles. The molecule has 132 valence electrons. The van der Waals surface area contributed by atoms with Crippen LogP contribution in [0.25, 0.3) is 0 Å². The zero-order chi connectivity index (χ0) is 17.9. The summed E-state index contributed by atoms with van der Waals surface area (Å²) in [6, 6.07) is 11.3. The number of halogens is 1. The van der Waals surface area contributed by atoms with Gasteiger partial charge in [0, 0.05) is 0 Å². The Hall–Kier alpha value is -3.42. The van der Waals surface area contributed by atoms with Gasteiger partial charge in [-0.3, -0.25) is 10.1 Å². The molecule has 8 heteroatoms. The molecule has 0 bridgehead atoms. The standard InChI is InChI=1S/C18H14FN3O4/c19-13-4-1-11(2-5-13)9-17-21-22-18(26-17)20-16(23)8-12-3-6-14-15(7-12)25-10-24-14/h1-7H,8-10H2,(H,20,22,23). The van der Waals surface area contributed by atoms with Crippen LogP contribution in [-0.2, 0) is 17.6 Å². The lowest BCUT2D eigenvalue weighted by Gasteiger charge is -2.02. The maximum absolute atomic E-state index is 12.9. The van der Waals surface area contributed by atoms with E-state index in [9.17, 15) is 9.18 Å². The van der Waals surface area contributed by atoms with Crippen molar-refractivity contribution in [3.05, 3.63) is 65.3 Å². The molecule has 2 aromatic carbocycles. The molecule has 1 amide bonds. The lowest BCUT2D eigenvalue weighted by Crippen LogP contribution is -2.14. The number of benzene rings is 2. The Balaban J connectivity index is 1.36. The van der Waals surface area contributed by atoms with Crippen LogP contribution in [0.2, 0.25) is 0 Å². The summed E-state index contributed by atoms with van der Waals surface area (Å²) in [4.78, 5) is 12.1. The minimum Gasteiger partial charge on any atom is -0.454 e. The number of carbonyl (C=O) groups excluding carboxylic acids is 1. The predicted molar refractivity (Wildman–Crippen MR) is 88.4 cm³/mol. The number of nitrogens with one attached hydrogen (secondary N) is 1. The van der Waals surface area contributed by atoms with Crippen LogP contribution in [0.3, 0.4) is 0 Å². The van der Waals surface area contributed by atoms with Gasteiger partial charge in [0.15, 0.2) is 11.5 Å². The minimum absolute atomic E-state index is 0.0212. The largest absolute Gasteiger partial charge is 0.454 e. The van der Waals surface area contributed by atoms with Crippen LogP contribution in [0, 0.1) is 5.82 Å². The van der Waals surface area contributed by atoms with Crippen molar-refractivity contribution in [1.82, 2.24) is 10.2 Å². The van der Waals surface area contributed by atoms with Crippen LogP contribution in [0.15, 0.2) is 46.9 Å². The van der Waals surface area contributed by atoms with E-state index in [1.807, 2.05) is 0 Å². The second kappa shape index (κ2) is 6.83. The van der Waals surface area contributed by atoms with E-state index >= 15 is 0 Å². The molecule has 0 saturated carbocycles. The van der Waals surface area contributed by atoms with Crippen LogP contribution in [0.1, 0.15) is 17.0 Å². The number of carbonyl (C=O) groups is 1. The van der Waals surface area contributed by atoms with Gasteiger partial charge in [0.2, 0.25) is 18.6 Å². The first kappa shape index (κ1) is 16.1. The number of rotatable bonds is 5. The number of fused-ring (bicyclic) bond motifs is 1. The van der Waals surface area contributed by atoms with Gasteiger partial charge in [-0.15, -0.1) is 5.10 Å². The van der Waals surface area contributed by atoms with Crippen molar-refractivity contribution in [2.24, 2.45) is 0 Å². The lowest BCUT2D eigenvalue weighted by molar-refractivity contribution is -0.115. The molecule has 1 aliphatic rings. The fraction of sp³-hybridized carbons (Fsp3) is 0.167. The van der Waals surface area contributed by atoms with E-state index in [2.05, 4.69) is 15.5 Å². The quantitative estimate of drug-likeness (QED) is 0.757. The molecular weight excluding hydrogens is 341 g/mol. The van der Waals surface area contributed by atoms with E-state index in [-0.39, 0.29) is 31.0 Å². The molecule has 0 fully saturated rings. The van der Waals surface area contributed by atoms with Crippen LogP contribution in [-0.4, -0.2) is 22.9 Å². The highest BCUT2D eigenvalue weighted by Crippen LogP contribution is 2.32. The number of nitrogens with zero attached hydrogens (tertiary/aromatic N) is 2. The van der Waals surface area contributed by atoms with Crippen LogP contribution >= 0.6 is 0 Å². The minimum atomic E-state index is -0.309. The van der Waals surface area contributed by atoms with Crippen molar-refractivity contribution >= 4 is 11.9 Å². The van der Waals surface area contributed by atoms with E-state index < -0.39 is 0 Å². The van der Waals surface area contributed by atoms with E-state index in [4.69, 9.17) is 13.9 Å². The molecule has 3 aromatic rings. The monoisotopic (exact) mass is 355 g/mol. The summed E-state index contributed by atoms with van der Waals surface area (Å²) in [5, 5.41) is 10.2. The highest BCUT2D eigenvalue weighted by molar-refractivity contribution is 5.90. The Morgan fingerprint density at radius 2 is 1.81 bits per heavy atom. The van der Waals surface area contributed by atoms with Gasteiger partial charge in [-0.05, 0) is 35.4 Å².